The van der Waals surface area contributed by atoms with Crippen molar-refractivity contribution < 1.29 is 24.3 Å². The Balaban J connectivity index is 1.70. The zero-order valence-electron chi connectivity index (χ0n) is 14.8. The van der Waals surface area contributed by atoms with Crippen LogP contribution in [0, 0.1) is 0 Å². The van der Waals surface area contributed by atoms with E-state index in [4.69, 9.17) is 22.2 Å². The van der Waals surface area contributed by atoms with E-state index in [1.807, 2.05) is 6.92 Å². The van der Waals surface area contributed by atoms with Gasteiger partial charge in [0.05, 0.1) is 6.54 Å². The van der Waals surface area contributed by atoms with Crippen LogP contribution in [0.25, 0.3) is 0 Å². The van der Waals surface area contributed by atoms with Crippen molar-refractivity contribution in [1.29, 1.82) is 0 Å². The monoisotopic (exact) mass is 447 g/mol. The average molecular weight is 448 g/mol. The molecule has 3 atom stereocenters. The lowest BCUT2D eigenvalue weighted by Gasteiger charge is -2.52. The van der Waals surface area contributed by atoms with Crippen LogP contribution < -0.4 is 11.1 Å². The minimum Gasteiger partial charge on any atom is -0.480 e. The van der Waals surface area contributed by atoms with Crippen LogP contribution in [0.15, 0.2) is 10.5 Å². The average Bonchev–Trinajstić information content (AvgIpc) is 3.09. The summed E-state index contributed by atoms with van der Waals surface area (Å²) in [4.78, 5) is 45.4. The summed E-state index contributed by atoms with van der Waals surface area (Å²) in [6.45, 7) is 2.10. The number of nitrogens with one attached hydrogen (secondary N) is 1. The number of carbonyl (C=O) groups is 3. The number of nitrogen functional groups attached to an aromatic ring is 1. The van der Waals surface area contributed by atoms with Gasteiger partial charge in [0.2, 0.25) is 5.91 Å². The largest absolute Gasteiger partial charge is 0.480 e. The van der Waals surface area contributed by atoms with Crippen LogP contribution in [-0.4, -0.2) is 73.7 Å². The van der Waals surface area contributed by atoms with Crippen LogP contribution in [0.5, 0.6) is 0 Å². The fourth-order valence-corrected chi connectivity index (χ4v) is 4.94. The van der Waals surface area contributed by atoms with E-state index in [0.717, 1.165) is 11.3 Å². The number of rotatable bonds is 7. The predicted molar refractivity (Wildman–Crippen MR) is 105 cm³/mol. The molecular formula is C15H18ClN5O5S2. The van der Waals surface area contributed by atoms with Crippen molar-refractivity contribution in [1.82, 2.24) is 15.2 Å². The number of β-lactam (4-membered cyclic amide) rings is 1. The van der Waals surface area contributed by atoms with Crippen molar-refractivity contribution in [3.8, 4) is 0 Å². The molecule has 0 spiro atoms. The molecule has 152 valence electrons. The van der Waals surface area contributed by atoms with Crippen molar-refractivity contribution in [3.05, 3.63) is 11.1 Å². The maximum absolute atomic E-state index is 12.7. The Morgan fingerprint density at radius 3 is 2.96 bits per heavy atom. The van der Waals surface area contributed by atoms with Crippen molar-refractivity contribution in [3.63, 3.8) is 0 Å². The third-order valence-corrected chi connectivity index (χ3v) is 6.92. The molecule has 0 radical (unpaired) electrons. The van der Waals surface area contributed by atoms with Crippen LogP contribution >= 0.6 is 34.7 Å². The molecule has 2 unspecified atom stereocenters. The number of anilines is 1. The SMILES string of the molecule is CCCON=C(C(=O)NC1C(=O)N2CC(Cl)(C(=O)O)CS[C@H]12)c1csc(N)n1. The summed E-state index contributed by atoms with van der Waals surface area (Å²) < 4.78 is 0. The predicted octanol–water partition coefficient (Wildman–Crippen LogP) is 0.318. The number of fused-ring (bicyclic) bond motifs is 1. The Morgan fingerprint density at radius 1 is 1.61 bits per heavy atom. The molecule has 0 saturated carbocycles. The number of thioether (sulfide) groups is 1. The number of halogens is 1. The Morgan fingerprint density at radius 2 is 2.36 bits per heavy atom. The number of carbonyl (C=O) groups excluding carboxylic acids is 2. The molecule has 3 rings (SSSR count). The number of aliphatic carboxylic acids is 1. The molecule has 13 heteroatoms. The summed E-state index contributed by atoms with van der Waals surface area (Å²) in [5.41, 5.74) is 5.80. The smallest absolute Gasteiger partial charge is 0.327 e. The zero-order chi connectivity index (χ0) is 20.5. The number of thiazole rings is 1. The van der Waals surface area contributed by atoms with E-state index in [1.54, 1.807) is 5.38 Å². The molecule has 2 aliphatic heterocycles. The lowest BCUT2D eigenvalue weighted by atomic mass is 10.0. The van der Waals surface area contributed by atoms with E-state index >= 15 is 0 Å². The molecule has 4 N–H and O–H groups in total. The minimum atomic E-state index is -1.52. The van der Waals surface area contributed by atoms with E-state index in [0.29, 0.717) is 13.0 Å². The number of carboxylic acid groups (broad SMARTS) is 1. The zero-order valence-corrected chi connectivity index (χ0v) is 17.1. The van der Waals surface area contributed by atoms with Crippen LogP contribution in [-0.2, 0) is 19.2 Å². The molecule has 3 heterocycles. The number of hydrogen-bond acceptors (Lipinski definition) is 9. The second-order valence-electron chi connectivity index (χ2n) is 6.23. The first-order chi connectivity index (χ1) is 13.3. The number of amides is 2. The highest BCUT2D eigenvalue weighted by molar-refractivity contribution is 8.00. The summed E-state index contributed by atoms with van der Waals surface area (Å²) in [5, 5.41) is 17.2. The Labute approximate surface area is 173 Å². The fraction of sp³-hybridized carbons (Fsp3) is 0.533. The summed E-state index contributed by atoms with van der Waals surface area (Å²) in [7, 11) is 0. The molecule has 2 saturated heterocycles. The van der Waals surface area contributed by atoms with E-state index in [2.05, 4.69) is 15.5 Å². The molecule has 2 fully saturated rings. The van der Waals surface area contributed by atoms with Gasteiger partial charge in [-0.15, -0.1) is 34.7 Å². The first-order valence-corrected chi connectivity index (χ1v) is 10.6. The summed E-state index contributed by atoms with van der Waals surface area (Å²) in [6, 6.07) is -0.806. The summed E-state index contributed by atoms with van der Waals surface area (Å²) in [6.07, 6.45) is 0.705. The Hall–Kier alpha value is -2.05. The van der Waals surface area contributed by atoms with Gasteiger partial charge in [0.25, 0.3) is 5.91 Å². The van der Waals surface area contributed by atoms with Gasteiger partial charge in [0, 0.05) is 11.1 Å². The third kappa shape index (κ3) is 3.89. The third-order valence-electron chi connectivity index (χ3n) is 4.15. The van der Waals surface area contributed by atoms with Gasteiger partial charge in [-0.2, -0.15) is 0 Å². The number of nitrogens with two attached hydrogens (primary N) is 1. The summed E-state index contributed by atoms with van der Waals surface area (Å²) >= 11 is 8.43. The highest BCUT2D eigenvalue weighted by Gasteiger charge is 2.57. The molecule has 10 nitrogen and oxygen atoms in total. The molecule has 0 aliphatic carbocycles. The lowest BCUT2D eigenvalue weighted by molar-refractivity contribution is -0.151. The van der Waals surface area contributed by atoms with Gasteiger partial charge >= 0.3 is 5.97 Å². The number of alkyl halides is 1. The normalized spacial score (nSPS) is 27.0. The van der Waals surface area contributed by atoms with Gasteiger partial charge in [-0.25, -0.2) is 4.98 Å². The van der Waals surface area contributed by atoms with E-state index in [9.17, 15) is 19.5 Å². The van der Waals surface area contributed by atoms with Gasteiger partial charge in [-0.05, 0) is 6.42 Å². The number of oxime groups is 1. The van der Waals surface area contributed by atoms with Gasteiger partial charge < -0.3 is 25.9 Å². The molecule has 1 aromatic rings. The number of carboxylic acids is 1. The van der Waals surface area contributed by atoms with Crippen LogP contribution in [0.3, 0.4) is 0 Å². The van der Waals surface area contributed by atoms with Crippen molar-refractivity contribution in [2.24, 2.45) is 5.16 Å². The molecule has 0 bridgehead atoms. The van der Waals surface area contributed by atoms with Crippen LogP contribution in [0.2, 0.25) is 0 Å². The first kappa shape index (κ1) is 20.7. The second-order valence-corrected chi connectivity index (χ2v) is 8.95. The fourth-order valence-electron chi connectivity index (χ4n) is 2.69. The number of aromatic nitrogens is 1. The number of nitrogens with zero attached hydrogens (tertiary/aromatic N) is 3. The summed E-state index contributed by atoms with van der Waals surface area (Å²) in [5.74, 6) is -2.08. The highest BCUT2D eigenvalue weighted by atomic mass is 35.5. The van der Waals surface area contributed by atoms with Crippen LogP contribution in [0.1, 0.15) is 19.0 Å². The van der Waals surface area contributed by atoms with E-state index < -0.39 is 28.7 Å². The van der Waals surface area contributed by atoms with Gasteiger partial charge in [0.1, 0.15) is 23.7 Å². The van der Waals surface area contributed by atoms with Gasteiger partial charge in [-0.1, -0.05) is 12.1 Å². The van der Waals surface area contributed by atoms with Crippen molar-refractivity contribution >= 4 is 63.3 Å². The molecule has 0 aromatic carbocycles. The molecule has 2 aliphatic rings. The van der Waals surface area contributed by atoms with Crippen LogP contribution in [0.4, 0.5) is 5.13 Å². The maximum atomic E-state index is 12.7. The Kier molecular flexibility index (Phi) is 6.01. The van der Waals surface area contributed by atoms with Crippen molar-refractivity contribution in [2.75, 3.05) is 24.6 Å². The topological polar surface area (TPSA) is 147 Å². The Bertz CT molecular complexity index is 833. The van der Waals surface area contributed by atoms with Gasteiger partial charge in [0.15, 0.2) is 15.7 Å². The highest BCUT2D eigenvalue weighted by Crippen LogP contribution is 2.41. The molecule has 1 aromatic heterocycles. The molecular weight excluding hydrogens is 430 g/mol. The minimum absolute atomic E-state index is 0.0781. The van der Waals surface area contributed by atoms with E-state index in [1.165, 1.54) is 16.7 Å². The lowest BCUT2D eigenvalue weighted by Crippen LogP contribution is -2.74. The van der Waals surface area contributed by atoms with Crippen molar-refractivity contribution in [2.45, 2.75) is 29.6 Å². The molecule has 2 amide bonds. The van der Waals surface area contributed by atoms with Gasteiger partial charge in [-0.3, -0.25) is 14.4 Å². The maximum Gasteiger partial charge on any atom is 0.327 e. The standard InChI is InChI=1S/C15H18ClN5O5S2/c1-2-3-26-20-8(7-4-27-14(17)18-7)10(22)19-9-11(23)21-5-15(16,13(24)25)6-28-12(9)21/h4,9,12H,2-3,5-6H2,1H3,(H2,17,18)(H,19,22)(H,24,25)/t9?,12-,15?/m1/s1. The quantitative estimate of drug-likeness (QED) is 0.178. The second kappa shape index (κ2) is 8.13. The number of hydrogen-bond donors (Lipinski definition) is 3. The first-order valence-electron chi connectivity index (χ1n) is 8.33. The van der Waals surface area contributed by atoms with E-state index in [-0.39, 0.29) is 34.2 Å². The molecule has 28 heavy (non-hydrogen) atoms.